The largest absolute Gasteiger partial charge is 0.497 e. The van der Waals surface area contributed by atoms with E-state index in [4.69, 9.17) is 9.15 Å². The molecule has 0 saturated heterocycles. The van der Waals surface area contributed by atoms with Crippen LogP contribution in [0.2, 0.25) is 0 Å². The maximum absolute atomic E-state index is 13.9. The fourth-order valence-electron chi connectivity index (χ4n) is 3.98. The van der Waals surface area contributed by atoms with E-state index in [-0.39, 0.29) is 17.0 Å². The number of hydrogen-bond donors (Lipinski definition) is 1. The summed E-state index contributed by atoms with van der Waals surface area (Å²) < 4.78 is 52.9. The van der Waals surface area contributed by atoms with E-state index in [1.165, 1.54) is 18.5 Å². The Morgan fingerprint density at radius 3 is 2.44 bits per heavy atom. The third-order valence-electron chi connectivity index (χ3n) is 5.67. The minimum Gasteiger partial charge on any atom is -0.497 e. The fraction of sp³-hybridized carbons (Fsp3) is 0.308. The number of unbranched alkanes of at least 4 members (excludes halogenated alkanes) is 3. The van der Waals surface area contributed by atoms with Gasteiger partial charge in [-0.05, 0) is 30.2 Å². The Hall–Kier alpha value is -3.55. The number of nitrogens with zero attached hydrogens (tertiary/aromatic N) is 2. The van der Waals surface area contributed by atoms with Gasteiger partial charge >= 0.3 is 6.18 Å². The topological polar surface area (TPSA) is 60.2 Å². The van der Waals surface area contributed by atoms with Gasteiger partial charge in [-0.3, -0.25) is 0 Å². The van der Waals surface area contributed by atoms with Crippen molar-refractivity contribution in [2.75, 3.05) is 19.0 Å². The molecule has 0 amide bonds. The van der Waals surface area contributed by atoms with Gasteiger partial charge in [0.2, 0.25) is 5.71 Å². The first-order valence-corrected chi connectivity index (χ1v) is 11.3. The maximum Gasteiger partial charge on any atom is 0.417 e. The first-order chi connectivity index (χ1) is 16.4. The molecule has 0 aliphatic heterocycles. The summed E-state index contributed by atoms with van der Waals surface area (Å²) in [6, 6.07) is 12.5. The summed E-state index contributed by atoms with van der Waals surface area (Å²) in [6.07, 6.45) is 1.12. The Balaban J connectivity index is 1.90. The molecular weight excluding hydrogens is 443 g/mol. The molecule has 2 aromatic heterocycles. The van der Waals surface area contributed by atoms with Crippen LogP contribution < -0.4 is 10.1 Å². The van der Waals surface area contributed by atoms with Crippen molar-refractivity contribution in [3.05, 3.63) is 60.4 Å². The zero-order valence-electron chi connectivity index (χ0n) is 19.1. The standard InChI is InChI=1S/C26H26F3N3O2/c1-3-4-5-8-15-30-24-22-21(17-11-13-18(33-2)14-12-17)23(34-25(22)32-16-31-24)19-9-6-7-10-20(19)26(27,28)29/h6-7,9-14,16H,3-5,8,15H2,1-2H3,(H,30,31,32). The van der Waals surface area contributed by atoms with Gasteiger partial charge in [-0.25, -0.2) is 9.97 Å². The van der Waals surface area contributed by atoms with Crippen molar-refractivity contribution in [3.8, 4) is 28.2 Å². The van der Waals surface area contributed by atoms with E-state index < -0.39 is 11.7 Å². The zero-order valence-corrected chi connectivity index (χ0v) is 19.1. The highest BCUT2D eigenvalue weighted by Gasteiger charge is 2.35. The van der Waals surface area contributed by atoms with Gasteiger partial charge in [0, 0.05) is 17.7 Å². The molecular formula is C26H26F3N3O2. The van der Waals surface area contributed by atoms with E-state index in [1.54, 1.807) is 37.4 Å². The molecule has 4 aromatic rings. The van der Waals surface area contributed by atoms with Crippen molar-refractivity contribution in [3.63, 3.8) is 0 Å². The first-order valence-electron chi connectivity index (χ1n) is 11.3. The highest BCUT2D eigenvalue weighted by atomic mass is 19.4. The van der Waals surface area contributed by atoms with Gasteiger partial charge in [-0.2, -0.15) is 13.2 Å². The Morgan fingerprint density at radius 2 is 1.74 bits per heavy atom. The fourth-order valence-corrected chi connectivity index (χ4v) is 3.98. The molecule has 0 atom stereocenters. The predicted molar refractivity (Wildman–Crippen MR) is 127 cm³/mol. The van der Waals surface area contributed by atoms with Crippen LogP contribution in [0.25, 0.3) is 33.6 Å². The van der Waals surface area contributed by atoms with Crippen LogP contribution in [0.3, 0.4) is 0 Å². The number of benzene rings is 2. The summed E-state index contributed by atoms with van der Waals surface area (Å²) in [5, 5.41) is 3.88. The molecule has 2 heterocycles. The van der Waals surface area contributed by atoms with E-state index >= 15 is 0 Å². The van der Waals surface area contributed by atoms with Crippen LogP contribution in [0.1, 0.15) is 38.2 Å². The van der Waals surface area contributed by atoms with E-state index in [9.17, 15) is 13.2 Å². The number of fused-ring (bicyclic) bond motifs is 1. The van der Waals surface area contributed by atoms with Gasteiger partial charge in [0.25, 0.3) is 0 Å². The minimum atomic E-state index is -4.54. The van der Waals surface area contributed by atoms with Crippen LogP contribution >= 0.6 is 0 Å². The second kappa shape index (κ2) is 10.2. The monoisotopic (exact) mass is 469 g/mol. The lowest BCUT2D eigenvalue weighted by Gasteiger charge is -2.13. The molecule has 178 valence electrons. The van der Waals surface area contributed by atoms with Crippen LogP contribution in [-0.2, 0) is 6.18 Å². The number of methoxy groups -OCH3 is 1. The lowest BCUT2D eigenvalue weighted by atomic mass is 9.96. The van der Waals surface area contributed by atoms with Crippen molar-refractivity contribution in [2.24, 2.45) is 0 Å². The number of hydrogen-bond acceptors (Lipinski definition) is 5. The molecule has 0 bridgehead atoms. The van der Waals surface area contributed by atoms with Gasteiger partial charge in [0.15, 0.2) is 0 Å². The van der Waals surface area contributed by atoms with Crippen molar-refractivity contribution in [1.82, 2.24) is 9.97 Å². The second-order valence-electron chi connectivity index (χ2n) is 7.97. The first kappa shape index (κ1) is 23.6. The molecule has 0 radical (unpaired) electrons. The average molecular weight is 470 g/mol. The average Bonchev–Trinajstić information content (AvgIpc) is 3.24. The Labute approximate surface area is 196 Å². The molecule has 5 nitrogen and oxygen atoms in total. The SMILES string of the molecule is CCCCCCNc1ncnc2oc(-c3ccccc3C(F)(F)F)c(-c3ccc(OC)cc3)c12. The van der Waals surface area contributed by atoms with Crippen LogP contribution in [-0.4, -0.2) is 23.6 Å². The lowest BCUT2D eigenvalue weighted by Crippen LogP contribution is -2.07. The third-order valence-corrected chi connectivity index (χ3v) is 5.67. The zero-order chi connectivity index (χ0) is 24.1. The summed E-state index contributed by atoms with van der Waals surface area (Å²) in [7, 11) is 1.56. The molecule has 0 aliphatic rings. The quantitative estimate of drug-likeness (QED) is 0.256. The summed E-state index contributed by atoms with van der Waals surface area (Å²) in [5.74, 6) is 1.27. The van der Waals surface area contributed by atoms with E-state index in [2.05, 4.69) is 22.2 Å². The van der Waals surface area contributed by atoms with E-state index in [0.29, 0.717) is 34.6 Å². The normalized spacial score (nSPS) is 11.7. The van der Waals surface area contributed by atoms with Gasteiger partial charge in [-0.15, -0.1) is 0 Å². The van der Waals surface area contributed by atoms with Crippen LogP contribution in [0.5, 0.6) is 5.75 Å². The van der Waals surface area contributed by atoms with E-state index in [0.717, 1.165) is 31.7 Å². The van der Waals surface area contributed by atoms with Gasteiger partial charge in [0.1, 0.15) is 23.7 Å². The van der Waals surface area contributed by atoms with Crippen molar-refractivity contribution < 1.29 is 22.3 Å². The van der Waals surface area contributed by atoms with E-state index in [1.807, 2.05) is 0 Å². The number of alkyl halides is 3. The van der Waals surface area contributed by atoms with Crippen LogP contribution in [0, 0.1) is 0 Å². The van der Waals surface area contributed by atoms with Crippen molar-refractivity contribution in [1.29, 1.82) is 0 Å². The van der Waals surface area contributed by atoms with Crippen molar-refractivity contribution in [2.45, 2.75) is 38.8 Å². The van der Waals surface area contributed by atoms with Crippen molar-refractivity contribution >= 4 is 16.9 Å². The van der Waals surface area contributed by atoms with Gasteiger partial charge < -0.3 is 14.5 Å². The molecule has 4 rings (SSSR count). The highest BCUT2D eigenvalue weighted by Crippen LogP contribution is 2.46. The van der Waals surface area contributed by atoms with Gasteiger partial charge in [0.05, 0.1) is 18.1 Å². The Morgan fingerprint density at radius 1 is 0.971 bits per heavy atom. The summed E-state index contributed by atoms with van der Waals surface area (Å²) >= 11 is 0. The molecule has 0 fully saturated rings. The molecule has 34 heavy (non-hydrogen) atoms. The van der Waals surface area contributed by atoms with Crippen LogP contribution in [0.15, 0.2) is 59.3 Å². The number of nitrogens with one attached hydrogen (secondary N) is 1. The van der Waals surface area contributed by atoms with Crippen LogP contribution in [0.4, 0.5) is 19.0 Å². The number of furan rings is 1. The number of halogens is 3. The number of ether oxygens (including phenoxy) is 1. The second-order valence-corrected chi connectivity index (χ2v) is 7.97. The smallest absolute Gasteiger partial charge is 0.417 e. The molecule has 0 saturated carbocycles. The number of anilines is 1. The molecule has 0 unspecified atom stereocenters. The lowest BCUT2D eigenvalue weighted by molar-refractivity contribution is -0.137. The third kappa shape index (κ3) is 4.85. The number of aromatic nitrogens is 2. The summed E-state index contributed by atoms with van der Waals surface area (Å²) in [5.41, 5.74) is 0.587. The summed E-state index contributed by atoms with van der Waals surface area (Å²) in [6.45, 7) is 2.84. The maximum atomic E-state index is 13.9. The summed E-state index contributed by atoms with van der Waals surface area (Å²) in [4.78, 5) is 8.63. The molecule has 8 heteroatoms. The van der Waals surface area contributed by atoms with Gasteiger partial charge in [-0.1, -0.05) is 56.5 Å². The Bertz CT molecular complexity index is 1250. The molecule has 0 spiro atoms. The minimum absolute atomic E-state index is 0.0484. The number of rotatable bonds is 9. The highest BCUT2D eigenvalue weighted by molar-refractivity contribution is 6.06. The Kier molecular flexibility index (Phi) is 7.05. The predicted octanol–water partition coefficient (Wildman–Crippen LogP) is 7.58. The molecule has 2 aromatic carbocycles. The molecule has 1 N–H and O–H groups in total. The molecule has 0 aliphatic carbocycles.